The Labute approximate surface area is 217 Å². The Hall–Kier alpha value is -3.66. The van der Waals surface area contributed by atoms with E-state index in [0.29, 0.717) is 27.2 Å². The van der Waals surface area contributed by atoms with Crippen molar-refractivity contribution >= 4 is 59.9 Å². The highest BCUT2D eigenvalue weighted by molar-refractivity contribution is 7.92. The van der Waals surface area contributed by atoms with Crippen LogP contribution < -0.4 is 9.62 Å². The van der Waals surface area contributed by atoms with Gasteiger partial charge in [-0.2, -0.15) is 0 Å². The van der Waals surface area contributed by atoms with E-state index >= 15 is 0 Å². The van der Waals surface area contributed by atoms with Crippen molar-refractivity contribution < 1.29 is 17.6 Å². The van der Waals surface area contributed by atoms with Crippen molar-refractivity contribution in [1.82, 2.24) is 4.98 Å². The lowest BCUT2D eigenvalue weighted by molar-refractivity contribution is 0.0983. The summed E-state index contributed by atoms with van der Waals surface area (Å²) in [5.74, 6) is 0.286. The summed E-state index contributed by atoms with van der Waals surface area (Å²) in [5, 5.41) is 1.05. The summed E-state index contributed by atoms with van der Waals surface area (Å²) in [5.41, 5.74) is 2.41. The summed E-state index contributed by atoms with van der Waals surface area (Å²) < 4.78 is 34.1. The first-order valence-electron chi connectivity index (χ1n) is 10.9. The minimum atomic E-state index is -3.74. The van der Waals surface area contributed by atoms with Gasteiger partial charge in [0, 0.05) is 11.3 Å². The SMILES string of the molecule is Cc1ccc(Cl)c2sc(N(Cc3ccco3)C(=O)c3ccc(NS(=O)(=O)c4ccccc4)cc3)nc12. The number of fused-ring (bicyclic) bond motifs is 1. The molecule has 0 atom stereocenters. The van der Waals surface area contributed by atoms with Crippen LogP contribution in [0, 0.1) is 6.92 Å². The zero-order valence-corrected chi connectivity index (χ0v) is 21.4. The lowest BCUT2D eigenvalue weighted by Crippen LogP contribution is -2.30. The maximum Gasteiger partial charge on any atom is 0.261 e. The van der Waals surface area contributed by atoms with Crippen LogP contribution in [0.25, 0.3) is 10.2 Å². The van der Waals surface area contributed by atoms with Crippen LogP contribution >= 0.6 is 22.9 Å². The number of carbonyl (C=O) groups is 1. The second kappa shape index (κ2) is 9.77. The van der Waals surface area contributed by atoms with Crippen LogP contribution in [0.5, 0.6) is 0 Å². The van der Waals surface area contributed by atoms with Crippen molar-refractivity contribution in [3.8, 4) is 0 Å². The van der Waals surface area contributed by atoms with E-state index in [-0.39, 0.29) is 17.3 Å². The van der Waals surface area contributed by atoms with Crippen molar-refractivity contribution in [2.75, 3.05) is 9.62 Å². The molecule has 0 bridgehead atoms. The number of amides is 1. The van der Waals surface area contributed by atoms with Gasteiger partial charge in [-0.3, -0.25) is 14.4 Å². The van der Waals surface area contributed by atoms with Crippen molar-refractivity contribution in [2.45, 2.75) is 18.4 Å². The smallest absolute Gasteiger partial charge is 0.261 e. The number of benzene rings is 3. The Morgan fingerprint density at radius 3 is 2.44 bits per heavy atom. The van der Waals surface area contributed by atoms with Crippen LogP contribution in [0.3, 0.4) is 0 Å². The molecule has 5 rings (SSSR count). The summed E-state index contributed by atoms with van der Waals surface area (Å²) in [6.45, 7) is 2.11. The van der Waals surface area contributed by atoms with E-state index in [9.17, 15) is 13.2 Å². The average Bonchev–Trinajstić information content (AvgIpc) is 3.56. The molecule has 7 nitrogen and oxygen atoms in total. The Bertz CT molecular complexity index is 1590. The molecule has 0 aliphatic carbocycles. The van der Waals surface area contributed by atoms with Gasteiger partial charge in [0.05, 0.1) is 32.9 Å². The number of rotatable bonds is 7. The molecule has 0 aliphatic heterocycles. The summed E-state index contributed by atoms with van der Waals surface area (Å²) in [6, 6.07) is 21.6. The summed E-state index contributed by atoms with van der Waals surface area (Å²) in [4.78, 5) is 20.0. The van der Waals surface area contributed by atoms with Crippen molar-refractivity contribution in [1.29, 1.82) is 0 Å². The maximum absolute atomic E-state index is 13.6. The fourth-order valence-electron chi connectivity index (χ4n) is 3.64. The highest BCUT2D eigenvalue weighted by Gasteiger charge is 2.24. The predicted molar refractivity (Wildman–Crippen MR) is 142 cm³/mol. The van der Waals surface area contributed by atoms with E-state index in [1.54, 1.807) is 60.9 Å². The standard InChI is InChI=1S/C26H20ClN3O4S2/c1-17-9-14-22(27)24-23(17)28-26(35-24)30(16-20-6-5-15-34-20)25(31)18-10-12-19(13-11-18)29-36(32,33)21-7-3-2-4-8-21/h2-15,29H,16H2,1H3. The number of hydrogen-bond acceptors (Lipinski definition) is 6. The quantitative estimate of drug-likeness (QED) is 0.256. The summed E-state index contributed by atoms with van der Waals surface area (Å²) in [6.07, 6.45) is 1.55. The summed E-state index contributed by atoms with van der Waals surface area (Å²) >= 11 is 7.72. The molecular formula is C26H20ClN3O4S2. The van der Waals surface area contributed by atoms with E-state index < -0.39 is 10.0 Å². The van der Waals surface area contributed by atoms with Gasteiger partial charge < -0.3 is 4.42 Å². The maximum atomic E-state index is 13.6. The molecule has 1 N–H and O–H groups in total. The number of sulfonamides is 1. The van der Waals surface area contributed by atoms with Gasteiger partial charge in [-0.25, -0.2) is 13.4 Å². The Morgan fingerprint density at radius 2 is 1.78 bits per heavy atom. The third kappa shape index (κ3) is 4.86. The van der Waals surface area contributed by atoms with Crippen molar-refractivity contribution in [3.05, 3.63) is 107 Å². The van der Waals surface area contributed by atoms with Gasteiger partial charge >= 0.3 is 0 Å². The van der Waals surface area contributed by atoms with Gasteiger partial charge in [0.15, 0.2) is 5.13 Å². The molecule has 0 saturated carbocycles. The molecule has 2 aromatic heterocycles. The number of thiazole rings is 1. The van der Waals surface area contributed by atoms with Crippen LogP contribution in [0.15, 0.2) is 94.4 Å². The second-order valence-corrected chi connectivity index (χ2v) is 11.1. The Kier molecular flexibility index (Phi) is 6.53. The number of halogens is 1. The zero-order chi connectivity index (χ0) is 25.3. The number of anilines is 2. The van der Waals surface area contributed by atoms with E-state index in [2.05, 4.69) is 4.72 Å². The number of aryl methyl sites for hydroxylation is 1. The third-order valence-corrected chi connectivity index (χ3v) is 8.43. The van der Waals surface area contributed by atoms with Crippen molar-refractivity contribution in [2.24, 2.45) is 0 Å². The molecule has 1 amide bonds. The van der Waals surface area contributed by atoms with Crippen LogP contribution in [-0.4, -0.2) is 19.3 Å². The Morgan fingerprint density at radius 1 is 1.03 bits per heavy atom. The number of aromatic nitrogens is 1. The summed E-state index contributed by atoms with van der Waals surface area (Å²) in [7, 11) is -3.74. The average molecular weight is 538 g/mol. The monoisotopic (exact) mass is 537 g/mol. The minimum absolute atomic E-state index is 0.152. The largest absolute Gasteiger partial charge is 0.467 e. The van der Waals surface area contributed by atoms with E-state index in [0.717, 1.165) is 15.8 Å². The number of carbonyl (C=O) groups excluding carboxylic acids is 1. The number of hydrogen-bond donors (Lipinski definition) is 1. The van der Waals surface area contributed by atoms with Gasteiger partial charge in [-0.15, -0.1) is 0 Å². The third-order valence-electron chi connectivity index (χ3n) is 5.49. The van der Waals surface area contributed by atoms with E-state index in [4.69, 9.17) is 21.0 Å². The van der Waals surface area contributed by atoms with E-state index in [1.807, 2.05) is 19.1 Å². The lowest BCUT2D eigenvalue weighted by atomic mass is 10.2. The van der Waals surface area contributed by atoms with Gasteiger partial charge in [0.2, 0.25) is 0 Å². The molecule has 3 aromatic carbocycles. The van der Waals surface area contributed by atoms with Crippen LogP contribution in [-0.2, 0) is 16.6 Å². The van der Waals surface area contributed by atoms with Crippen molar-refractivity contribution in [3.63, 3.8) is 0 Å². The predicted octanol–water partition coefficient (Wildman–Crippen LogP) is 6.50. The molecular weight excluding hydrogens is 518 g/mol. The fraction of sp³-hybridized carbons (Fsp3) is 0.0769. The fourth-order valence-corrected chi connectivity index (χ4v) is 6.04. The van der Waals surface area contributed by atoms with Gasteiger partial charge in [0.1, 0.15) is 5.76 Å². The topological polar surface area (TPSA) is 92.5 Å². The Balaban J connectivity index is 1.45. The van der Waals surface area contributed by atoms with Crippen LogP contribution in [0.2, 0.25) is 5.02 Å². The molecule has 0 aliphatic rings. The molecule has 0 fully saturated rings. The first-order valence-corrected chi connectivity index (χ1v) is 13.6. The van der Waals surface area contributed by atoms with Gasteiger partial charge in [-0.05, 0) is 67.1 Å². The first kappa shape index (κ1) is 24.1. The van der Waals surface area contributed by atoms with Crippen LogP contribution in [0.4, 0.5) is 10.8 Å². The molecule has 36 heavy (non-hydrogen) atoms. The second-order valence-electron chi connectivity index (χ2n) is 8.01. The minimum Gasteiger partial charge on any atom is -0.467 e. The molecule has 0 spiro atoms. The van der Waals surface area contributed by atoms with Gasteiger partial charge in [0.25, 0.3) is 15.9 Å². The molecule has 10 heteroatoms. The highest BCUT2D eigenvalue weighted by Crippen LogP contribution is 2.36. The number of furan rings is 1. The first-order chi connectivity index (χ1) is 17.3. The highest BCUT2D eigenvalue weighted by atomic mass is 35.5. The van der Waals surface area contributed by atoms with Gasteiger partial charge in [-0.1, -0.05) is 47.2 Å². The normalized spacial score (nSPS) is 11.5. The molecule has 0 saturated heterocycles. The molecule has 2 heterocycles. The lowest BCUT2D eigenvalue weighted by Gasteiger charge is -2.19. The van der Waals surface area contributed by atoms with E-state index in [1.165, 1.54) is 28.4 Å². The van der Waals surface area contributed by atoms with Crippen LogP contribution in [0.1, 0.15) is 21.7 Å². The zero-order valence-electron chi connectivity index (χ0n) is 19.0. The number of nitrogens with one attached hydrogen (secondary N) is 1. The molecule has 0 unspecified atom stereocenters. The molecule has 0 radical (unpaired) electrons. The molecule has 5 aromatic rings. The number of nitrogens with zero attached hydrogens (tertiary/aromatic N) is 2. The molecule has 182 valence electrons.